The molecule has 0 saturated heterocycles. The van der Waals surface area contributed by atoms with E-state index in [1.54, 1.807) is 6.20 Å². The van der Waals surface area contributed by atoms with Crippen molar-refractivity contribution in [2.24, 2.45) is 5.73 Å². The number of imidazole rings is 1. The molecule has 3 aromatic rings. The van der Waals surface area contributed by atoms with E-state index in [4.69, 9.17) is 17.3 Å². The number of hydrogen-bond donors (Lipinski definition) is 1. The predicted molar refractivity (Wildman–Crippen MR) is 80.8 cm³/mol. The molecule has 4 nitrogen and oxygen atoms in total. The monoisotopic (exact) mass is 286 g/mol. The Morgan fingerprint density at radius 3 is 2.70 bits per heavy atom. The second kappa shape index (κ2) is 5.61. The van der Waals surface area contributed by atoms with E-state index in [9.17, 15) is 0 Å². The van der Waals surface area contributed by atoms with Crippen molar-refractivity contribution in [1.82, 2.24) is 14.5 Å². The third kappa shape index (κ3) is 2.53. The van der Waals surface area contributed by atoms with E-state index in [1.807, 2.05) is 36.4 Å². The first-order chi connectivity index (χ1) is 9.78. The number of halogens is 1. The zero-order valence-corrected chi connectivity index (χ0v) is 11.7. The van der Waals surface area contributed by atoms with Crippen LogP contribution in [0.2, 0.25) is 5.02 Å². The van der Waals surface area contributed by atoms with Gasteiger partial charge in [-0.05, 0) is 36.4 Å². The first kappa shape index (κ1) is 13.1. The van der Waals surface area contributed by atoms with E-state index >= 15 is 0 Å². The van der Waals surface area contributed by atoms with Crippen LogP contribution in [0.3, 0.4) is 0 Å². The molecule has 0 radical (unpaired) electrons. The highest BCUT2D eigenvalue weighted by molar-refractivity contribution is 6.30. The normalized spacial score (nSPS) is 11.1. The van der Waals surface area contributed by atoms with Crippen LogP contribution in [0, 0.1) is 0 Å². The molecule has 0 fully saturated rings. The number of rotatable bonds is 4. The SMILES string of the molecule is NCCc1nc2cccnc2n1Cc1ccc(Cl)cc1. The smallest absolute Gasteiger partial charge is 0.160 e. The lowest BCUT2D eigenvalue weighted by atomic mass is 10.2. The van der Waals surface area contributed by atoms with Gasteiger partial charge in [-0.25, -0.2) is 9.97 Å². The second-order valence-corrected chi connectivity index (χ2v) is 5.06. The maximum absolute atomic E-state index is 5.92. The van der Waals surface area contributed by atoms with Gasteiger partial charge in [-0.3, -0.25) is 0 Å². The summed E-state index contributed by atoms with van der Waals surface area (Å²) in [5, 5.41) is 0.740. The fourth-order valence-corrected chi connectivity index (χ4v) is 2.39. The minimum atomic E-state index is 0.573. The van der Waals surface area contributed by atoms with Crippen molar-refractivity contribution in [2.75, 3.05) is 6.54 Å². The van der Waals surface area contributed by atoms with E-state index in [2.05, 4.69) is 14.5 Å². The molecule has 5 heteroatoms. The van der Waals surface area contributed by atoms with Gasteiger partial charge in [0.15, 0.2) is 5.65 Å². The fourth-order valence-electron chi connectivity index (χ4n) is 2.26. The van der Waals surface area contributed by atoms with Gasteiger partial charge in [0.25, 0.3) is 0 Å². The maximum atomic E-state index is 5.92. The summed E-state index contributed by atoms with van der Waals surface area (Å²) < 4.78 is 2.12. The van der Waals surface area contributed by atoms with Gasteiger partial charge in [0.05, 0.1) is 6.54 Å². The molecule has 0 aliphatic heterocycles. The number of aromatic nitrogens is 3. The fraction of sp³-hybridized carbons (Fsp3) is 0.200. The highest BCUT2D eigenvalue weighted by Crippen LogP contribution is 2.17. The molecule has 0 unspecified atom stereocenters. The Kier molecular flexibility index (Phi) is 3.67. The topological polar surface area (TPSA) is 56.7 Å². The van der Waals surface area contributed by atoms with Crippen LogP contribution in [0.1, 0.15) is 11.4 Å². The van der Waals surface area contributed by atoms with Crippen molar-refractivity contribution in [3.05, 3.63) is 59.0 Å². The molecule has 0 spiro atoms. The Labute approximate surface area is 122 Å². The lowest BCUT2D eigenvalue weighted by Gasteiger charge is -2.08. The van der Waals surface area contributed by atoms with Crippen LogP contribution in [0.25, 0.3) is 11.2 Å². The molecule has 102 valence electrons. The molecule has 0 bridgehead atoms. The summed E-state index contributed by atoms with van der Waals surface area (Å²) >= 11 is 5.92. The highest BCUT2D eigenvalue weighted by Gasteiger charge is 2.11. The van der Waals surface area contributed by atoms with Crippen molar-refractivity contribution in [3.63, 3.8) is 0 Å². The summed E-state index contributed by atoms with van der Waals surface area (Å²) in [4.78, 5) is 9.04. The number of hydrogen-bond acceptors (Lipinski definition) is 3. The lowest BCUT2D eigenvalue weighted by molar-refractivity contribution is 0.729. The van der Waals surface area contributed by atoms with Crippen LogP contribution in [0.4, 0.5) is 0 Å². The van der Waals surface area contributed by atoms with Crippen LogP contribution < -0.4 is 5.73 Å². The first-order valence-electron chi connectivity index (χ1n) is 6.52. The van der Waals surface area contributed by atoms with Gasteiger partial charge >= 0.3 is 0 Å². The molecule has 0 aliphatic rings. The Bertz CT molecular complexity index is 718. The van der Waals surface area contributed by atoms with E-state index < -0.39 is 0 Å². The van der Waals surface area contributed by atoms with Crippen molar-refractivity contribution in [3.8, 4) is 0 Å². The average molecular weight is 287 g/mol. The van der Waals surface area contributed by atoms with Crippen molar-refractivity contribution < 1.29 is 0 Å². The minimum absolute atomic E-state index is 0.573. The largest absolute Gasteiger partial charge is 0.330 e. The Morgan fingerprint density at radius 2 is 1.95 bits per heavy atom. The molecule has 1 aromatic carbocycles. The third-order valence-corrected chi connectivity index (χ3v) is 3.46. The molecule has 0 saturated carbocycles. The number of pyridine rings is 1. The first-order valence-corrected chi connectivity index (χ1v) is 6.90. The van der Waals surface area contributed by atoms with Gasteiger partial charge in [-0.15, -0.1) is 0 Å². The zero-order valence-electron chi connectivity index (χ0n) is 11.0. The van der Waals surface area contributed by atoms with Gasteiger partial charge < -0.3 is 10.3 Å². The quantitative estimate of drug-likeness (QED) is 0.802. The zero-order chi connectivity index (χ0) is 13.9. The van der Waals surface area contributed by atoms with E-state index in [0.717, 1.165) is 40.5 Å². The highest BCUT2D eigenvalue weighted by atomic mass is 35.5. The van der Waals surface area contributed by atoms with Crippen molar-refractivity contribution in [2.45, 2.75) is 13.0 Å². The predicted octanol–water partition coefficient (Wildman–Crippen LogP) is 2.63. The lowest BCUT2D eigenvalue weighted by Crippen LogP contribution is -2.11. The number of nitrogens with two attached hydrogens (primary N) is 1. The van der Waals surface area contributed by atoms with Gasteiger partial charge in [0.1, 0.15) is 11.3 Å². The molecular formula is C15H15ClN4. The average Bonchev–Trinajstić information content (AvgIpc) is 2.80. The number of nitrogens with zero attached hydrogens (tertiary/aromatic N) is 3. The molecule has 2 N–H and O–H groups in total. The molecule has 3 rings (SSSR count). The number of benzene rings is 1. The van der Waals surface area contributed by atoms with Crippen LogP contribution >= 0.6 is 11.6 Å². The van der Waals surface area contributed by atoms with E-state index in [1.165, 1.54) is 0 Å². The molecule has 2 aromatic heterocycles. The summed E-state index contributed by atoms with van der Waals surface area (Å²) in [6, 6.07) is 11.7. The standard InChI is InChI=1S/C15H15ClN4/c16-12-5-3-11(4-6-12)10-20-14(7-8-17)19-13-2-1-9-18-15(13)20/h1-6,9H,7-8,10,17H2. The molecule has 20 heavy (non-hydrogen) atoms. The van der Waals surface area contributed by atoms with Gasteiger partial charge in [0.2, 0.25) is 0 Å². The summed E-state index contributed by atoms with van der Waals surface area (Å²) in [6.07, 6.45) is 2.53. The molecular weight excluding hydrogens is 272 g/mol. The second-order valence-electron chi connectivity index (χ2n) is 4.63. The maximum Gasteiger partial charge on any atom is 0.160 e. The Balaban J connectivity index is 2.04. The Morgan fingerprint density at radius 1 is 1.15 bits per heavy atom. The summed E-state index contributed by atoms with van der Waals surface area (Å²) in [7, 11) is 0. The van der Waals surface area contributed by atoms with E-state index in [-0.39, 0.29) is 0 Å². The van der Waals surface area contributed by atoms with Crippen LogP contribution in [-0.4, -0.2) is 21.1 Å². The van der Waals surface area contributed by atoms with E-state index in [0.29, 0.717) is 6.54 Å². The van der Waals surface area contributed by atoms with Crippen molar-refractivity contribution >= 4 is 22.8 Å². The molecule has 0 atom stereocenters. The van der Waals surface area contributed by atoms with Crippen molar-refractivity contribution in [1.29, 1.82) is 0 Å². The molecule has 2 heterocycles. The summed E-state index contributed by atoms with van der Waals surface area (Å²) in [5.41, 5.74) is 8.64. The van der Waals surface area contributed by atoms with Gasteiger partial charge in [0, 0.05) is 17.6 Å². The third-order valence-electron chi connectivity index (χ3n) is 3.20. The van der Waals surface area contributed by atoms with Crippen LogP contribution in [0.15, 0.2) is 42.6 Å². The molecule has 0 amide bonds. The summed E-state index contributed by atoms with van der Waals surface area (Å²) in [5.74, 6) is 0.969. The summed E-state index contributed by atoms with van der Waals surface area (Å²) in [6.45, 7) is 1.30. The minimum Gasteiger partial charge on any atom is -0.330 e. The number of fused-ring (bicyclic) bond motifs is 1. The Hall–Kier alpha value is -1.91. The van der Waals surface area contributed by atoms with Crippen LogP contribution in [-0.2, 0) is 13.0 Å². The van der Waals surface area contributed by atoms with Gasteiger partial charge in [-0.1, -0.05) is 23.7 Å². The molecule has 0 aliphatic carbocycles. The van der Waals surface area contributed by atoms with Crippen LogP contribution in [0.5, 0.6) is 0 Å². The van der Waals surface area contributed by atoms with Gasteiger partial charge in [-0.2, -0.15) is 0 Å².